The van der Waals surface area contributed by atoms with E-state index in [0.29, 0.717) is 18.2 Å². The fraction of sp³-hybridized carbons (Fsp3) is 0.520. The van der Waals surface area contributed by atoms with E-state index in [1.807, 2.05) is 12.1 Å². The summed E-state index contributed by atoms with van der Waals surface area (Å²) in [4.78, 5) is 36.8. The number of carbonyl (C=O) groups excluding carboxylic acids is 2. The van der Waals surface area contributed by atoms with Crippen molar-refractivity contribution in [2.45, 2.75) is 44.1 Å². The van der Waals surface area contributed by atoms with Crippen LogP contribution < -0.4 is 26.6 Å². The summed E-state index contributed by atoms with van der Waals surface area (Å²) in [5.74, 6) is 0.329. The maximum absolute atomic E-state index is 12.1. The molecule has 1 unspecified atom stereocenters. The van der Waals surface area contributed by atoms with Crippen molar-refractivity contribution in [2.75, 3.05) is 50.5 Å². The van der Waals surface area contributed by atoms with Crippen LogP contribution in [0.4, 0.5) is 22.1 Å². The molecule has 35 heavy (non-hydrogen) atoms. The van der Waals surface area contributed by atoms with E-state index in [2.05, 4.69) is 44.9 Å². The first kappa shape index (κ1) is 24.7. The molecule has 0 bridgehead atoms. The van der Waals surface area contributed by atoms with Crippen molar-refractivity contribution in [2.24, 2.45) is 5.73 Å². The van der Waals surface area contributed by atoms with Crippen molar-refractivity contribution >= 4 is 29.3 Å². The van der Waals surface area contributed by atoms with E-state index in [0.717, 1.165) is 51.0 Å². The standard InChI is InChI=1S/C25H36N8O2/c1-25(10-12-27-13-11-25)17-6-8-18(9-7-17)29-23-21(22(26)34)28-15-20(31-23)33-14-4-5-19(16-33)30-24(35)32(2)3/h6-9,15,19,27H,4-5,10-14,16H2,1-3H3,(H2,26,34)(H,29,31)(H,30,35). The number of benzene rings is 1. The Morgan fingerprint density at radius 1 is 1.20 bits per heavy atom. The van der Waals surface area contributed by atoms with Gasteiger partial charge < -0.3 is 31.5 Å². The summed E-state index contributed by atoms with van der Waals surface area (Å²) in [6.07, 6.45) is 5.59. The van der Waals surface area contributed by atoms with Crippen LogP contribution in [0.25, 0.3) is 0 Å². The molecule has 2 aliphatic heterocycles. The van der Waals surface area contributed by atoms with Gasteiger partial charge in [0.1, 0.15) is 5.82 Å². The number of primary amides is 1. The van der Waals surface area contributed by atoms with Crippen LogP contribution in [0.5, 0.6) is 0 Å². The SMILES string of the molecule is CN(C)C(=O)NC1CCCN(c2cnc(C(N)=O)c(Nc3ccc(C4(C)CCNCC4)cc3)n2)C1. The molecule has 2 aromatic rings. The number of nitrogens with zero attached hydrogens (tertiary/aromatic N) is 4. The lowest BCUT2D eigenvalue weighted by molar-refractivity contribution is 0.0996. The van der Waals surface area contributed by atoms with Crippen molar-refractivity contribution in [1.29, 1.82) is 0 Å². The molecular weight excluding hydrogens is 444 g/mol. The van der Waals surface area contributed by atoms with Gasteiger partial charge in [-0.3, -0.25) is 4.79 Å². The molecule has 2 saturated heterocycles. The second-order valence-corrected chi connectivity index (χ2v) is 9.93. The highest BCUT2D eigenvalue weighted by atomic mass is 16.2. The zero-order valence-corrected chi connectivity index (χ0v) is 20.8. The molecule has 10 nitrogen and oxygen atoms in total. The molecule has 1 aromatic carbocycles. The van der Waals surface area contributed by atoms with Gasteiger partial charge in [-0.2, -0.15) is 0 Å². The molecule has 3 amide bonds. The number of anilines is 3. The number of hydrogen-bond donors (Lipinski definition) is 4. The predicted octanol–water partition coefficient (Wildman–Crippen LogP) is 2.20. The quantitative estimate of drug-likeness (QED) is 0.499. The zero-order chi connectivity index (χ0) is 25.0. The Morgan fingerprint density at radius 3 is 2.57 bits per heavy atom. The third kappa shape index (κ3) is 5.82. The minimum absolute atomic E-state index is 0.0107. The van der Waals surface area contributed by atoms with Crippen LogP contribution in [0.1, 0.15) is 48.7 Å². The Kier molecular flexibility index (Phi) is 7.39. The fourth-order valence-electron chi connectivity index (χ4n) is 4.77. The Hall–Kier alpha value is -3.40. The second kappa shape index (κ2) is 10.5. The highest BCUT2D eigenvalue weighted by molar-refractivity contribution is 5.96. The zero-order valence-electron chi connectivity index (χ0n) is 20.8. The van der Waals surface area contributed by atoms with Crippen molar-refractivity contribution < 1.29 is 9.59 Å². The molecule has 0 saturated carbocycles. The summed E-state index contributed by atoms with van der Waals surface area (Å²) >= 11 is 0. The van der Waals surface area contributed by atoms with E-state index < -0.39 is 5.91 Å². The Morgan fingerprint density at radius 2 is 1.91 bits per heavy atom. The topological polar surface area (TPSA) is 129 Å². The lowest BCUT2D eigenvalue weighted by Crippen LogP contribution is -2.50. The van der Waals surface area contributed by atoms with Crippen LogP contribution in [0.15, 0.2) is 30.5 Å². The molecule has 10 heteroatoms. The maximum Gasteiger partial charge on any atom is 0.317 e. The number of urea groups is 1. The lowest BCUT2D eigenvalue weighted by atomic mass is 9.75. The van der Waals surface area contributed by atoms with E-state index in [1.54, 1.807) is 20.3 Å². The van der Waals surface area contributed by atoms with Crippen molar-refractivity contribution in [3.05, 3.63) is 41.7 Å². The molecule has 1 atom stereocenters. The molecule has 5 N–H and O–H groups in total. The van der Waals surface area contributed by atoms with Gasteiger partial charge in [-0.25, -0.2) is 14.8 Å². The van der Waals surface area contributed by atoms with Gasteiger partial charge in [0, 0.05) is 38.9 Å². The van der Waals surface area contributed by atoms with E-state index in [4.69, 9.17) is 10.7 Å². The average molecular weight is 481 g/mol. The first-order valence-corrected chi connectivity index (χ1v) is 12.2. The summed E-state index contributed by atoms with van der Waals surface area (Å²) in [5, 5.41) is 9.71. The van der Waals surface area contributed by atoms with Crippen molar-refractivity contribution in [1.82, 2.24) is 25.5 Å². The monoisotopic (exact) mass is 480 g/mol. The summed E-state index contributed by atoms with van der Waals surface area (Å²) in [6.45, 7) is 5.77. The molecule has 0 radical (unpaired) electrons. The van der Waals surface area contributed by atoms with Gasteiger partial charge in [-0.15, -0.1) is 0 Å². The highest BCUT2D eigenvalue weighted by Crippen LogP contribution is 2.34. The molecule has 1 aromatic heterocycles. The van der Waals surface area contributed by atoms with Gasteiger partial charge in [0.2, 0.25) is 0 Å². The second-order valence-electron chi connectivity index (χ2n) is 9.93. The first-order chi connectivity index (χ1) is 16.7. The number of aromatic nitrogens is 2. The number of hydrogen-bond acceptors (Lipinski definition) is 7. The molecule has 188 valence electrons. The molecule has 2 fully saturated rings. The van der Waals surface area contributed by atoms with Crippen LogP contribution in [0.2, 0.25) is 0 Å². The van der Waals surface area contributed by atoms with Crippen LogP contribution in [-0.4, -0.2) is 73.1 Å². The number of amides is 3. The minimum atomic E-state index is -0.639. The van der Waals surface area contributed by atoms with E-state index in [-0.39, 0.29) is 23.2 Å². The van der Waals surface area contributed by atoms with Gasteiger partial charge in [-0.1, -0.05) is 19.1 Å². The number of nitrogens with one attached hydrogen (secondary N) is 3. The predicted molar refractivity (Wildman–Crippen MR) is 137 cm³/mol. The fourth-order valence-corrected chi connectivity index (χ4v) is 4.77. The van der Waals surface area contributed by atoms with Gasteiger partial charge in [0.15, 0.2) is 11.5 Å². The molecule has 3 heterocycles. The largest absolute Gasteiger partial charge is 0.364 e. The minimum Gasteiger partial charge on any atom is -0.364 e. The van der Waals surface area contributed by atoms with Gasteiger partial charge in [-0.05, 0) is 61.9 Å². The summed E-state index contributed by atoms with van der Waals surface area (Å²) in [7, 11) is 3.45. The van der Waals surface area contributed by atoms with E-state index in [9.17, 15) is 9.59 Å². The van der Waals surface area contributed by atoms with Crippen molar-refractivity contribution in [3.63, 3.8) is 0 Å². The molecule has 2 aliphatic rings. The Labute approximate surface area is 206 Å². The van der Waals surface area contributed by atoms with E-state index >= 15 is 0 Å². The maximum atomic E-state index is 12.1. The molecular formula is C25H36N8O2. The third-order valence-corrected chi connectivity index (χ3v) is 7.02. The molecule has 4 rings (SSSR count). The summed E-state index contributed by atoms with van der Waals surface area (Å²) < 4.78 is 0. The van der Waals surface area contributed by atoms with Crippen LogP contribution >= 0.6 is 0 Å². The van der Waals surface area contributed by atoms with Gasteiger partial charge in [0.25, 0.3) is 5.91 Å². The number of carbonyl (C=O) groups is 2. The summed E-state index contributed by atoms with van der Waals surface area (Å²) in [5.41, 5.74) is 7.96. The smallest absolute Gasteiger partial charge is 0.317 e. The van der Waals surface area contributed by atoms with Gasteiger partial charge in [0.05, 0.1) is 6.20 Å². The van der Waals surface area contributed by atoms with E-state index in [1.165, 1.54) is 10.5 Å². The highest BCUT2D eigenvalue weighted by Gasteiger charge is 2.28. The van der Waals surface area contributed by atoms with Crippen molar-refractivity contribution in [3.8, 4) is 0 Å². The molecule has 0 spiro atoms. The number of nitrogens with two attached hydrogens (primary N) is 1. The average Bonchev–Trinajstić information content (AvgIpc) is 2.85. The third-order valence-electron chi connectivity index (χ3n) is 7.02. The number of rotatable bonds is 6. The van der Waals surface area contributed by atoms with Crippen LogP contribution in [0, 0.1) is 0 Å². The Balaban J connectivity index is 1.51. The first-order valence-electron chi connectivity index (χ1n) is 12.2. The summed E-state index contributed by atoms with van der Waals surface area (Å²) in [6, 6.07) is 8.19. The normalized spacial score (nSPS) is 19.6. The number of piperidine rings is 2. The van der Waals surface area contributed by atoms with Crippen LogP contribution in [-0.2, 0) is 5.41 Å². The lowest BCUT2D eigenvalue weighted by Gasteiger charge is -2.35. The molecule has 0 aliphatic carbocycles. The van der Waals surface area contributed by atoms with Gasteiger partial charge >= 0.3 is 6.03 Å². The van der Waals surface area contributed by atoms with Crippen LogP contribution in [0.3, 0.4) is 0 Å². The Bertz CT molecular complexity index is 1050.